The number of aliphatic imine (C=N–C) groups is 1. The number of carbonyl (C=O) groups is 5. The number of carboxylic acid groups (broad SMARTS) is 1. The summed E-state index contributed by atoms with van der Waals surface area (Å²) in [7, 11) is -2.27. The van der Waals surface area contributed by atoms with Crippen LogP contribution in [0.15, 0.2) is 4.99 Å². The fraction of sp³-hybridized carbons (Fsp3) is 0.739. The van der Waals surface area contributed by atoms with Crippen LogP contribution in [0.4, 0.5) is 8.78 Å². The van der Waals surface area contributed by atoms with E-state index in [2.05, 4.69) is 20.9 Å². The molecule has 0 saturated carbocycles. The smallest absolute Gasteiger partial charge is 0.475 e. The van der Waals surface area contributed by atoms with Gasteiger partial charge < -0.3 is 47.5 Å². The number of rotatable bonds is 15. The lowest BCUT2D eigenvalue weighted by atomic mass is 9.72. The van der Waals surface area contributed by atoms with E-state index in [0.717, 1.165) is 11.8 Å². The lowest BCUT2D eigenvalue weighted by Crippen LogP contribution is -2.62. The van der Waals surface area contributed by atoms with E-state index in [9.17, 15) is 42.8 Å². The number of guanidine groups is 1. The number of hydrogen-bond acceptors (Lipinski definition) is 8. The highest BCUT2D eigenvalue weighted by molar-refractivity contribution is 6.43. The van der Waals surface area contributed by atoms with E-state index in [0.29, 0.717) is 0 Å². The minimum atomic E-state index is -3.23. The first-order valence-electron chi connectivity index (χ1n) is 13.1. The summed E-state index contributed by atoms with van der Waals surface area (Å²) in [6.45, 7) is 4.13. The summed E-state index contributed by atoms with van der Waals surface area (Å²) in [6.07, 6.45) is -2.33. The Hall–Kier alpha value is -3.54. The predicted octanol–water partition coefficient (Wildman–Crippen LogP) is -2.33. The summed E-state index contributed by atoms with van der Waals surface area (Å²) < 4.78 is 28.0. The maximum absolute atomic E-state index is 14.0. The van der Waals surface area contributed by atoms with Gasteiger partial charge in [-0.3, -0.25) is 29.0 Å². The molecule has 0 aromatic heterocycles. The van der Waals surface area contributed by atoms with Gasteiger partial charge in [-0.25, -0.2) is 8.78 Å². The van der Waals surface area contributed by atoms with Crippen molar-refractivity contribution in [1.82, 2.24) is 20.9 Å². The molecule has 1 heterocycles. The van der Waals surface area contributed by atoms with Gasteiger partial charge in [0, 0.05) is 32.9 Å². The van der Waals surface area contributed by atoms with Gasteiger partial charge in [0.25, 0.3) is 5.92 Å². The molecule has 0 aliphatic carbocycles. The van der Waals surface area contributed by atoms with Crippen molar-refractivity contribution in [2.24, 2.45) is 22.4 Å². The standard InChI is InChI=1S/C23H40BF2N7O8/c1-12(2)9-15(32-20(38)16(10-18(35)36)30-13(3)34)19(37)31-14(5-4-7-29-22(27)28)21(39)33-8-6-23(25,26)11-17(33)24(40)41/h12,14-17,40-41H,4-11H2,1-3H3,(H,30,34)(H,31,37)(H,32,38)(H,35,36)(H4,27,28,29)/t14-,15-,16-,17?/m0/s1. The Morgan fingerprint density at radius 2 is 1.63 bits per heavy atom. The summed E-state index contributed by atoms with van der Waals surface area (Å²) in [6, 6.07) is -4.10. The van der Waals surface area contributed by atoms with Crippen molar-refractivity contribution in [3.63, 3.8) is 0 Å². The van der Waals surface area contributed by atoms with Gasteiger partial charge in [0.2, 0.25) is 23.6 Å². The second-order valence-electron chi connectivity index (χ2n) is 10.4. The Kier molecular flexibility index (Phi) is 13.9. The fourth-order valence-corrected chi connectivity index (χ4v) is 4.35. The molecular formula is C23H40BF2N7O8. The number of alkyl halides is 2. The summed E-state index contributed by atoms with van der Waals surface area (Å²) in [5.41, 5.74) is 10.6. The van der Waals surface area contributed by atoms with Gasteiger partial charge in [0.1, 0.15) is 18.1 Å². The molecule has 1 aliphatic heterocycles. The van der Waals surface area contributed by atoms with Crippen molar-refractivity contribution in [2.75, 3.05) is 13.1 Å². The number of amides is 4. The molecule has 0 bridgehead atoms. The molecule has 1 saturated heterocycles. The van der Waals surface area contributed by atoms with Crippen LogP contribution in [-0.2, 0) is 24.0 Å². The first-order valence-corrected chi connectivity index (χ1v) is 13.1. The van der Waals surface area contributed by atoms with Gasteiger partial charge >= 0.3 is 13.1 Å². The Bertz CT molecular complexity index is 966. The molecule has 1 rings (SSSR count). The number of hydrogen-bond donors (Lipinski definition) is 8. The molecular weight excluding hydrogens is 551 g/mol. The van der Waals surface area contributed by atoms with Crippen molar-refractivity contribution in [1.29, 1.82) is 0 Å². The number of halogens is 2. The van der Waals surface area contributed by atoms with Crippen LogP contribution < -0.4 is 27.4 Å². The normalized spacial score (nSPS) is 18.4. The number of piperidine rings is 1. The highest BCUT2D eigenvalue weighted by atomic mass is 19.3. The van der Waals surface area contributed by atoms with Crippen LogP contribution in [0, 0.1) is 5.92 Å². The molecule has 18 heteroatoms. The van der Waals surface area contributed by atoms with E-state index < -0.39 is 92.5 Å². The zero-order valence-electron chi connectivity index (χ0n) is 23.3. The van der Waals surface area contributed by atoms with Gasteiger partial charge in [0.05, 0.1) is 12.4 Å². The molecule has 15 nitrogen and oxygen atoms in total. The second-order valence-corrected chi connectivity index (χ2v) is 10.4. The molecule has 1 aliphatic rings. The number of carboxylic acids is 1. The minimum absolute atomic E-state index is 0.0558. The average molecular weight is 591 g/mol. The number of likely N-dealkylation sites (tertiary alicyclic amines) is 1. The molecule has 4 amide bonds. The van der Waals surface area contributed by atoms with Crippen LogP contribution >= 0.6 is 0 Å². The average Bonchev–Trinajstić information content (AvgIpc) is 2.82. The monoisotopic (exact) mass is 591 g/mol. The number of aliphatic carboxylic acids is 1. The van der Waals surface area contributed by atoms with E-state index in [4.69, 9.17) is 16.6 Å². The van der Waals surface area contributed by atoms with Gasteiger partial charge in [-0.1, -0.05) is 13.8 Å². The third kappa shape index (κ3) is 12.7. The maximum Gasteiger partial charge on any atom is 0.475 e. The molecule has 0 spiro atoms. The van der Waals surface area contributed by atoms with Crippen molar-refractivity contribution in [2.45, 2.75) is 89.3 Å². The SMILES string of the molecule is CC(=O)N[C@@H](CC(=O)O)C(=O)N[C@@H](CC(C)C)C(=O)N[C@@H](CCCN=C(N)N)C(=O)N1CCC(F)(F)CC1B(O)O. The molecule has 1 unspecified atom stereocenters. The topological polar surface area (TPSA) is 250 Å². The van der Waals surface area contributed by atoms with Crippen LogP contribution in [0.5, 0.6) is 0 Å². The molecule has 0 radical (unpaired) electrons. The number of nitrogens with one attached hydrogen (secondary N) is 3. The third-order valence-corrected chi connectivity index (χ3v) is 6.23. The number of nitrogens with zero attached hydrogens (tertiary/aromatic N) is 2. The zero-order valence-corrected chi connectivity index (χ0v) is 23.3. The van der Waals surface area contributed by atoms with Crippen molar-refractivity contribution in [3.05, 3.63) is 0 Å². The van der Waals surface area contributed by atoms with Gasteiger partial charge in [0.15, 0.2) is 5.96 Å². The lowest BCUT2D eigenvalue weighted by molar-refractivity contribution is -0.145. The first-order chi connectivity index (χ1) is 18.9. The van der Waals surface area contributed by atoms with E-state index in [1.165, 1.54) is 0 Å². The van der Waals surface area contributed by atoms with E-state index in [1.807, 2.05) is 0 Å². The highest BCUT2D eigenvalue weighted by Crippen LogP contribution is 2.32. The summed E-state index contributed by atoms with van der Waals surface area (Å²) >= 11 is 0. The Labute approximate surface area is 236 Å². The zero-order chi connectivity index (χ0) is 31.5. The Morgan fingerprint density at radius 3 is 2.15 bits per heavy atom. The van der Waals surface area contributed by atoms with Crippen molar-refractivity contribution in [3.8, 4) is 0 Å². The summed E-state index contributed by atoms with van der Waals surface area (Å²) in [5.74, 6) is -9.93. The van der Waals surface area contributed by atoms with Crippen LogP contribution in [0.2, 0.25) is 0 Å². The minimum Gasteiger partial charge on any atom is -0.481 e. The summed E-state index contributed by atoms with van der Waals surface area (Å²) in [4.78, 5) is 67.0. The Morgan fingerprint density at radius 1 is 1.05 bits per heavy atom. The van der Waals surface area contributed by atoms with Crippen molar-refractivity contribution < 1.29 is 47.9 Å². The highest BCUT2D eigenvalue weighted by Gasteiger charge is 2.48. The lowest BCUT2D eigenvalue weighted by Gasteiger charge is -2.40. The van der Waals surface area contributed by atoms with E-state index in [1.54, 1.807) is 13.8 Å². The first kappa shape index (κ1) is 35.5. The molecule has 0 aromatic rings. The molecule has 41 heavy (non-hydrogen) atoms. The predicted molar refractivity (Wildman–Crippen MR) is 143 cm³/mol. The number of nitrogens with two attached hydrogens (primary N) is 2. The quantitative estimate of drug-likeness (QED) is 0.0437. The van der Waals surface area contributed by atoms with Gasteiger partial charge in [-0.2, -0.15) is 0 Å². The number of carbonyl (C=O) groups excluding carboxylic acids is 4. The van der Waals surface area contributed by atoms with Crippen LogP contribution in [-0.4, -0.2) is 106 Å². The molecule has 4 atom stereocenters. The third-order valence-electron chi connectivity index (χ3n) is 6.23. The van der Waals surface area contributed by atoms with Gasteiger partial charge in [-0.15, -0.1) is 0 Å². The molecule has 1 fully saturated rings. The van der Waals surface area contributed by atoms with E-state index in [-0.39, 0.29) is 37.7 Å². The largest absolute Gasteiger partial charge is 0.481 e. The van der Waals surface area contributed by atoms with E-state index >= 15 is 0 Å². The molecule has 232 valence electrons. The van der Waals surface area contributed by atoms with Crippen molar-refractivity contribution >= 4 is 42.7 Å². The van der Waals surface area contributed by atoms with Crippen LogP contribution in [0.3, 0.4) is 0 Å². The van der Waals surface area contributed by atoms with Crippen LogP contribution in [0.25, 0.3) is 0 Å². The second kappa shape index (κ2) is 16.0. The fourth-order valence-electron chi connectivity index (χ4n) is 4.35. The molecule has 0 aromatic carbocycles. The summed E-state index contributed by atoms with van der Waals surface area (Å²) in [5, 5.41) is 35.7. The molecule has 10 N–H and O–H groups in total. The Balaban J connectivity index is 3.23. The van der Waals surface area contributed by atoms with Crippen LogP contribution in [0.1, 0.15) is 59.3 Å². The van der Waals surface area contributed by atoms with Gasteiger partial charge in [-0.05, 0) is 25.2 Å². The maximum atomic E-state index is 14.0.